The molecule has 0 heterocycles. The zero-order chi connectivity index (χ0) is 11.3. The average Bonchev–Trinajstić information content (AvgIpc) is 2.14. The molecule has 2 saturated carbocycles. The normalized spacial score (nSPS) is 49.8. The first-order valence-electron chi connectivity index (χ1n) is 6.54. The minimum absolute atomic E-state index is 0.0790. The van der Waals surface area contributed by atoms with Gasteiger partial charge in [-0.3, -0.25) is 0 Å². The fourth-order valence-electron chi connectivity index (χ4n) is 4.06. The first kappa shape index (κ1) is 11.4. The molecule has 3 atom stereocenters. The van der Waals surface area contributed by atoms with Crippen LogP contribution in [0.2, 0.25) is 0 Å². The molecule has 0 radical (unpaired) electrons. The lowest BCUT2D eigenvalue weighted by Crippen LogP contribution is -2.61. The number of hydrogen-bond acceptors (Lipinski definition) is 1. The minimum atomic E-state index is -0.497. The highest BCUT2D eigenvalue weighted by Gasteiger charge is 2.59. The topological polar surface area (TPSA) is 20.2 Å². The van der Waals surface area contributed by atoms with E-state index in [4.69, 9.17) is 0 Å². The van der Waals surface area contributed by atoms with Crippen LogP contribution in [0.5, 0.6) is 0 Å². The Hall–Kier alpha value is -0.0400. The van der Waals surface area contributed by atoms with Gasteiger partial charge in [0.15, 0.2) is 0 Å². The van der Waals surface area contributed by atoms with Crippen LogP contribution in [0.25, 0.3) is 0 Å². The van der Waals surface area contributed by atoms with E-state index in [9.17, 15) is 5.11 Å². The van der Waals surface area contributed by atoms with Gasteiger partial charge in [-0.05, 0) is 49.4 Å². The molecule has 0 aromatic rings. The minimum Gasteiger partial charge on any atom is -0.389 e. The number of aliphatic hydroxyl groups is 1. The van der Waals surface area contributed by atoms with Crippen LogP contribution in [0, 0.1) is 16.7 Å². The molecule has 1 heteroatoms. The maximum Gasteiger partial charge on any atom is 0.0726 e. The first-order chi connectivity index (χ1) is 6.81. The zero-order valence-electron chi connectivity index (χ0n) is 10.8. The lowest BCUT2D eigenvalue weighted by molar-refractivity contribution is -0.207. The fraction of sp³-hybridized carbons (Fsp3) is 1.00. The predicted molar refractivity (Wildman–Crippen MR) is 63.7 cm³/mol. The second kappa shape index (κ2) is 3.23. The highest BCUT2D eigenvalue weighted by molar-refractivity contribution is 5.09. The maximum atomic E-state index is 11.0. The third-order valence-electron chi connectivity index (χ3n) is 5.95. The van der Waals surface area contributed by atoms with Gasteiger partial charge in [0, 0.05) is 0 Å². The monoisotopic (exact) mass is 210 g/mol. The van der Waals surface area contributed by atoms with Crippen LogP contribution in [-0.4, -0.2) is 10.7 Å². The zero-order valence-corrected chi connectivity index (χ0v) is 10.8. The van der Waals surface area contributed by atoms with Crippen LogP contribution in [0.1, 0.15) is 66.2 Å². The smallest absolute Gasteiger partial charge is 0.0726 e. The van der Waals surface area contributed by atoms with Crippen molar-refractivity contribution in [2.45, 2.75) is 71.8 Å². The second-order valence-electron chi connectivity index (χ2n) is 6.85. The van der Waals surface area contributed by atoms with E-state index in [0.717, 1.165) is 5.92 Å². The molecule has 2 aliphatic carbocycles. The molecule has 0 aliphatic heterocycles. The molecule has 88 valence electrons. The maximum absolute atomic E-state index is 11.0. The van der Waals surface area contributed by atoms with Gasteiger partial charge < -0.3 is 5.11 Å². The van der Waals surface area contributed by atoms with Crippen LogP contribution in [0.3, 0.4) is 0 Å². The van der Waals surface area contributed by atoms with E-state index >= 15 is 0 Å². The summed E-state index contributed by atoms with van der Waals surface area (Å²) in [4.78, 5) is 0. The van der Waals surface area contributed by atoms with Crippen LogP contribution in [-0.2, 0) is 0 Å². The molecular formula is C14H26O. The summed E-state index contributed by atoms with van der Waals surface area (Å²) in [6, 6.07) is 0. The van der Waals surface area contributed by atoms with Crippen molar-refractivity contribution >= 4 is 0 Å². The van der Waals surface area contributed by atoms with Crippen LogP contribution in [0.4, 0.5) is 0 Å². The van der Waals surface area contributed by atoms with E-state index in [1.54, 1.807) is 0 Å². The Morgan fingerprint density at radius 2 is 1.60 bits per heavy atom. The molecule has 1 nitrogen and oxygen atoms in total. The van der Waals surface area contributed by atoms with E-state index in [2.05, 4.69) is 27.7 Å². The van der Waals surface area contributed by atoms with Gasteiger partial charge in [-0.1, -0.05) is 33.6 Å². The SMILES string of the molecule is CC1(C)CCC2CCCCC2(C)C1(C)O. The Bertz CT molecular complexity index is 254. The standard InChI is InChI=1S/C14H26O/c1-12(2)10-8-11-7-5-6-9-13(11,3)14(12,4)15/h11,15H,5-10H2,1-4H3. The van der Waals surface area contributed by atoms with E-state index in [-0.39, 0.29) is 10.8 Å². The lowest BCUT2D eigenvalue weighted by Gasteiger charge is -2.61. The van der Waals surface area contributed by atoms with Crippen molar-refractivity contribution in [3.05, 3.63) is 0 Å². The van der Waals surface area contributed by atoms with Gasteiger partial charge in [0.1, 0.15) is 0 Å². The van der Waals surface area contributed by atoms with Gasteiger partial charge in [0.05, 0.1) is 5.60 Å². The lowest BCUT2D eigenvalue weighted by atomic mass is 9.47. The third kappa shape index (κ3) is 1.39. The third-order valence-corrected chi connectivity index (χ3v) is 5.95. The van der Waals surface area contributed by atoms with E-state index in [1.165, 1.54) is 38.5 Å². The quantitative estimate of drug-likeness (QED) is 0.645. The van der Waals surface area contributed by atoms with Gasteiger partial charge in [-0.15, -0.1) is 0 Å². The van der Waals surface area contributed by atoms with Crippen molar-refractivity contribution in [2.75, 3.05) is 0 Å². The Kier molecular flexibility index (Phi) is 2.46. The molecule has 2 fully saturated rings. The van der Waals surface area contributed by atoms with Crippen molar-refractivity contribution in [3.8, 4) is 0 Å². The summed E-state index contributed by atoms with van der Waals surface area (Å²) in [7, 11) is 0. The Morgan fingerprint density at radius 3 is 2.27 bits per heavy atom. The van der Waals surface area contributed by atoms with Crippen molar-refractivity contribution in [3.63, 3.8) is 0 Å². The van der Waals surface area contributed by atoms with E-state index in [0.29, 0.717) is 0 Å². The van der Waals surface area contributed by atoms with E-state index < -0.39 is 5.60 Å². The predicted octanol–water partition coefficient (Wildman–Crippen LogP) is 3.75. The molecule has 0 aromatic heterocycles. The summed E-state index contributed by atoms with van der Waals surface area (Å²) < 4.78 is 0. The molecular weight excluding hydrogens is 184 g/mol. The molecule has 0 amide bonds. The molecule has 15 heavy (non-hydrogen) atoms. The fourth-order valence-corrected chi connectivity index (χ4v) is 4.06. The van der Waals surface area contributed by atoms with Gasteiger partial charge in [0.2, 0.25) is 0 Å². The van der Waals surface area contributed by atoms with Crippen LogP contribution in [0.15, 0.2) is 0 Å². The Labute approximate surface area is 94.3 Å². The highest BCUT2D eigenvalue weighted by atomic mass is 16.3. The second-order valence-corrected chi connectivity index (χ2v) is 6.85. The van der Waals surface area contributed by atoms with Crippen molar-refractivity contribution < 1.29 is 5.11 Å². The highest BCUT2D eigenvalue weighted by Crippen LogP contribution is 2.61. The summed E-state index contributed by atoms with van der Waals surface area (Å²) >= 11 is 0. The molecule has 2 aliphatic rings. The van der Waals surface area contributed by atoms with Crippen molar-refractivity contribution in [1.82, 2.24) is 0 Å². The van der Waals surface area contributed by atoms with Crippen molar-refractivity contribution in [1.29, 1.82) is 0 Å². The van der Waals surface area contributed by atoms with E-state index in [1.807, 2.05) is 0 Å². The molecule has 1 N–H and O–H groups in total. The van der Waals surface area contributed by atoms with Gasteiger partial charge in [-0.2, -0.15) is 0 Å². The van der Waals surface area contributed by atoms with Gasteiger partial charge >= 0.3 is 0 Å². The Morgan fingerprint density at radius 1 is 0.933 bits per heavy atom. The van der Waals surface area contributed by atoms with Gasteiger partial charge in [-0.25, -0.2) is 0 Å². The Balaban J connectivity index is 2.36. The molecule has 2 rings (SSSR count). The van der Waals surface area contributed by atoms with Crippen LogP contribution < -0.4 is 0 Å². The first-order valence-corrected chi connectivity index (χ1v) is 6.54. The van der Waals surface area contributed by atoms with Crippen molar-refractivity contribution in [2.24, 2.45) is 16.7 Å². The average molecular weight is 210 g/mol. The molecule has 0 spiro atoms. The molecule has 0 bridgehead atoms. The number of hydrogen-bond donors (Lipinski definition) is 1. The van der Waals surface area contributed by atoms with Gasteiger partial charge in [0.25, 0.3) is 0 Å². The number of rotatable bonds is 0. The largest absolute Gasteiger partial charge is 0.389 e. The molecule has 3 unspecified atom stereocenters. The summed E-state index contributed by atoms with van der Waals surface area (Å²) in [6.07, 6.45) is 7.73. The number of fused-ring (bicyclic) bond motifs is 1. The summed E-state index contributed by atoms with van der Waals surface area (Å²) in [5.74, 6) is 0.759. The molecule has 0 saturated heterocycles. The van der Waals surface area contributed by atoms with Crippen LogP contribution >= 0.6 is 0 Å². The summed E-state index contributed by atoms with van der Waals surface area (Å²) in [6.45, 7) is 8.90. The summed E-state index contributed by atoms with van der Waals surface area (Å²) in [5.41, 5.74) is -0.258. The summed E-state index contributed by atoms with van der Waals surface area (Å²) in [5, 5.41) is 11.0. The molecule has 0 aromatic carbocycles.